The van der Waals surface area contributed by atoms with Crippen LogP contribution in [0, 0.1) is 12.7 Å². The van der Waals surface area contributed by atoms with Crippen LogP contribution >= 0.6 is 0 Å². The maximum atomic E-state index is 14.6. The number of carbonyl (C=O) groups is 1. The molecule has 1 fully saturated rings. The zero-order chi connectivity index (χ0) is 23.1. The maximum Gasteiger partial charge on any atom is 0.249 e. The lowest BCUT2D eigenvalue weighted by Crippen LogP contribution is -2.44. The Hall–Kier alpha value is -3.78. The van der Waals surface area contributed by atoms with E-state index in [2.05, 4.69) is 32.0 Å². The summed E-state index contributed by atoms with van der Waals surface area (Å²) in [6.07, 6.45) is 1.64. The van der Waals surface area contributed by atoms with Crippen LogP contribution in [0.25, 0.3) is 33.4 Å². The van der Waals surface area contributed by atoms with Gasteiger partial charge in [-0.2, -0.15) is 5.10 Å². The van der Waals surface area contributed by atoms with E-state index in [0.29, 0.717) is 33.6 Å². The summed E-state index contributed by atoms with van der Waals surface area (Å²) in [4.78, 5) is 21.3. The minimum absolute atomic E-state index is 0.332. The van der Waals surface area contributed by atoms with E-state index in [0.717, 1.165) is 42.8 Å². The summed E-state index contributed by atoms with van der Waals surface area (Å²) >= 11 is 0. The molecule has 0 aliphatic carbocycles. The van der Waals surface area contributed by atoms with Crippen LogP contribution in [-0.4, -0.2) is 59.2 Å². The summed E-state index contributed by atoms with van der Waals surface area (Å²) in [6.45, 7) is 5.58. The van der Waals surface area contributed by atoms with Gasteiger partial charge < -0.3 is 15.5 Å². The first-order chi connectivity index (χ1) is 15.9. The van der Waals surface area contributed by atoms with Crippen LogP contribution in [0.1, 0.15) is 15.9 Å². The summed E-state index contributed by atoms with van der Waals surface area (Å²) in [7, 11) is 2.11. The third kappa shape index (κ3) is 3.82. The fourth-order valence-corrected chi connectivity index (χ4v) is 4.42. The number of hydrogen-bond acceptors (Lipinski definition) is 5. The Morgan fingerprint density at radius 1 is 1.12 bits per heavy atom. The van der Waals surface area contributed by atoms with Gasteiger partial charge in [0.2, 0.25) is 5.91 Å². The topological polar surface area (TPSA) is 91.1 Å². The quantitative estimate of drug-likeness (QED) is 0.502. The summed E-state index contributed by atoms with van der Waals surface area (Å²) in [5.74, 6) is -0.855. The van der Waals surface area contributed by atoms with Gasteiger partial charge in [-0.05, 0) is 49.9 Å². The highest BCUT2D eigenvalue weighted by Crippen LogP contribution is 2.35. The molecule has 1 amide bonds. The number of H-pyrrole nitrogens is 1. The van der Waals surface area contributed by atoms with Gasteiger partial charge in [0.15, 0.2) is 0 Å². The molecule has 2 aromatic heterocycles. The van der Waals surface area contributed by atoms with Gasteiger partial charge in [0.1, 0.15) is 11.5 Å². The van der Waals surface area contributed by atoms with Crippen LogP contribution in [0.3, 0.4) is 0 Å². The van der Waals surface area contributed by atoms with E-state index in [1.54, 1.807) is 18.3 Å². The van der Waals surface area contributed by atoms with Gasteiger partial charge in [-0.15, -0.1) is 0 Å². The van der Waals surface area contributed by atoms with Crippen LogP contribution in [0.4, 0.5) is 10.1 Å². The molecule has 4 aromatic rings. The number of aromatic nitrogens is 3. The molecule has 33 heavy (non-hydrogen) atoms. The number of likely N-dealkylation sites (N-methyl/N-ethyl adjacent to an activating group) is 1. The van der Waals surface area contributed by atoms with Crippen LogP contribution in [0.2, 0.25) is 0 Å². The average Bonchev–Trinajstić information content (AvgIpc) is 3.22. The standard InChI is InChI=1S/C25H25FN6O/c1-15-4-3-5-20(26)23(15)21-13-19-22(14-28-21)29-30-24(19)18-12-16(6-7-17(18)25(27)33)32-10-8-31(2)9-11-32/h3-7,12-14H,8-11H2,1-2H3,(H2,27,33)(H,29,30). The van der Waals surface area contributed by atoms with E-state index in [9.17, 15) is 9.18 Å². The molecule has 8 heteroatoms. The summed E-state index contributed by atoms with van der Waals surface area (Å²) in [5.41, 5.74) is 10.8. The second-order valence-electron chi connectivity index (χ2n) is 8.50. The van der Waals surface area contributed by atoms with Gasteiger partial charge in [-0.3, -0.25) is 14.9 Å². The Balaban J connectivity index is 1.65. The number of piperazine rings is 1. The lowest BCUT2D eigenvalue weighted by atomic mass is 9.98. The van der Waals surface area contributed by atoms with Gasteiger partial charge in [-0.1, -0.05) is 12.1 Å². The normalized spacial score (nSPS) is 14.7. The Morgan fingerprint density at radius 2 is 1.91 bits per heavy atom. The lowest BCUT2D eigenvalue weighted by Gasteiger charge is -2.34. The summed E-state index contributed by atoms with van der Waals surface area (Å²) in [5, 5.41) is 8.23. The number of aryl methyl sites for hydroxylation is 1. The zero-order valence-electron chi connectivity index (χ0n) is 18.6. The van der Waals surface area contributed by atoms with Crippen molar-refractivity contribution in [2.24, 2.45) is 5.73 Å². The number of primary amides is 1. The van der Waals surface area contributed by atoms with Gasteiger partial charge >= 0.3 is 0 Å². The molecule has 2 aromatic carbocycles. The molecule has 0 spiro atoms. The van der Waals surface area contributed by atoms with E-state index in [1.807, 2.05) is 31.2 Å². The predicted octanol–water partition coefficient (Wildman–Crippen LogP) is 3.59. The molecule has 0 saturated carbocycles. The Labute approximate surface area is 191 Å². The van der Waals surface area contributed by atoms with Gasteiger partial charge in [0, 0.05) is 53.9 Å². The number of amides is 1. The van der Waals surface area contributed by atoms with Crippen molar-refractivity contribution in [3.8, 4) is 22.5 Å². The number of anilines is 1. The second-order valence-corrected chi connectivity index (χ2v) is 8.50. The molecule has 1 aliphatic heterocycles. The van der Waals surface area contributed by atoms with Crippen molar-refractivity contribution >= 4 is 22.5 Å². The van der Waals surface area contributed by atoms with E-state index in [4.69, 9.17) is 5.73 Å². The molecule has 0 bridgehead atoms. The number of nitrogens with two attached hydrogens (primary N) is 1. The predicted molar refractivity (Wildman–Crippen MR) is 128 cm³/mol. The number of carbonyl (C=O) groups excluding carboxylic acids is 1. The Kier molecular flexibility index (Phi) is 5.30. The number of nitrogens with zero attached hydrogens (tertiary/aromatic N) is 4. The monoisotopic (exact) mass is 444 g/mol. The molecule has 5 rings (SSSR count). The molecule has 1 saturated heterocycles. The van der Waals surface area contributed by atoms with E-state index in [1.165, 1.54) is 6.07 Å². The average molecular weight is 445 g/mol. The molecule has 0 unspecified atom stereocenters. The van der Waals surface area contributed by atoms with Crippen LogP contribution in [-0.2, 0) is 0 Å². The third-order valence-electron chi connectivity index (χ3n) is 6.32. The first-order valence-electron chi connectivity index (χ1n) is 10.9. The van der Waals surface area contributed by atoms with Gasteiger partial charge in [-0.25, -0.2) is 4.39 Å². The van der Waals surface area contributed by atoms with Crippen molar-refractivity contribution in [2.45, 2.75) is 6.92 Å². The largest absolute Gasteiger partial charge is 0.369 e. The number of rotatable bonds is 4. The number of benzene rings is 2. The van der Waals surface area contributed by atoms with E-state index < -0.39 is 5.91 Å². The van der Waals surface area contributed by atoms with Crippen molar-refractivity contribution in [2.75, 3.05) is 38.1 Å². The Bertz CT molecular complexity index is 1340. The van der Waals surface area contributed by atoms with Crippen molar-refractivity contribution < 1.29 is 9.18 Å². The van der Waals surface area contributed by atoms with Crippen molar-refractivity contribution in [3.63, 3.8) is 0 Å². The highest BCUT2D eigenvalue weighted by Gasteiger charge is 2.21. The van der Waals surface area contributed by atoms with Crippen molar-refractivity contribution in [3.05, 3.63) is 65.6 Å². The minimum Gasteiger partial charge on any atom is -0.369 e. The fraction of sp³-hybridized carbons (Fsp3) is 0.240. The minimum atomic E-state index is -0.523. The third-order valence-corrected chi connectivity index (χ3v) is 6.32. The zero-order valence-corrected chi connectivity index (χ0v) is 18.6. The molecule has 0 atom stereocenters. The van der Waals surface area contributed by atoms with Gasteiger partial charge in [0.05, 0.1) is 17.4 Å². The number of hydrogen-bond donors (Lipinski definition) is 2. The van der Waals surface area contributed by atoms with Crippen LogP contribution in [0.15, 0.2) is 48.7 Å². The number of fused-ring (bicyclic) bond motifs is 1. The molecular weight excluding hydrogens is 419 g/mol. The summed E-state index contributed by atoms with van der Waals surface area (Å²) in [6, 6.07) is 12.4. The van der Waals surface area contributed by atoms with E-state index >= 15 is 0 Å². The second kappa shape index (κ2) is 8.29. The number of pyridine rings is 1. The summed E-state index contributed by atoms with van der Waals surface area (Å²) < 4.78 is 14.6. The van der Waals surface area contributed by atoms with Crippen LogP contribution in [0.5, 0.6) is 0 Å². The fourth-order valence-electron chi connectivity index (χ4n) is 4.42. The molecule has 3 N–H and O–H groups in total. The lowest BCUT2D eigenvalue weighted by molar-refractivity contribution is 0.100. The molecule has 3 heterocycles. The Morgan fingerprint density at radius 3 is 2.64 bits per heavy atom. The molecule has 0 radical (unpaired) electrons. The van der Waals surface area contributed by atoms with Crippen molar-refractivity contribution in [1.82, 2.24) is 20.1 Å². The highest BCUT2D eigenvalue weighted by molar-refractivity contribution is 6.05. The van der Waals surface area contributed by atoms with Crippen molar-refractivity contribution in [1.29, 1.82) is 0 Å². The van der Waals surface area contributed by atoms with Crippen LogP contribution < -0.4 is 10.6 Å². The first-order valence-corrected chi connectivity index (χ1v) is 10.9. The van der Waals surface area contributed by atoms with Gasteiger partial charge in [0.25, 0.3) is 0 Å². The highest BCUT2D eigenvalue weighted by atomic mass is 19.1. The smallest absolute Gasteiger partial charge is 0.249 e. The first kappa shape index (κ1) is 21.1. The molecule has 7 nitrogen and oxygen atoms in total. The SMILES string of the molecule is Cc1cccc(F)c1-c1cc2c(-c3cc(N4CCN(C)CC4)ccc3C(N)=O)n[nH]c2cn1. The maximum absolute atomic E-state index is 14.6. The molecule has 1 aliphatic rings. The molecular formula is C25H25FN6O. The number of halogens is 1. The van der Waals surface area contributed by atoms with E-state index in [-0.39, 0.29) is 5.82 Å². The molecule has 168 valence electrons. The number of nitrogens with one attached hydrogen (secondary N) is 1. The number of aromatic amines is 1.